The van der Waals surface area contributed by atoms with Gasteiger partial charge in [0, 0.05) is 18.2 Å². The molecule has 0 aromatic heterocycles. The van der Waals surface area contributed by atoms with Crippen LogP contribution in [-0.4, -0.2) is 5.97 Å². The van der Waals surface area contributed by atoms with Crippen molar-refractivity contribution < 1.29 is 9.53 Å². The van der Waals surface area contributed by atoms with E-state index in [2.05, 4.69) is 6.92 Å². The number of rotatable bonds is 11. The van der Waals surface area contributed by atoms with E-state index < -0.39 is 0 Å². The van der Waals surface area contributed by atoms with Gasteiger partial charge in [0.25, 0.3) is 0 Å². The van der Waals surface area contributed by atoms with E-state index in [1.54, 1.807) is 18.2 Å². The SMILES string of the molecule is CCCCCCCCCCCC(=O)Oc1cc(N)ccc1N. The largest absolute Gasteiger partial charge is 0.424 e. The van der Waals surface area contributed by atoms with Crippen molar-refractivity contribution >= 4 is 17.3 Å². The minimum absolute atomic E-state index is 0.236. The molecule has 0 heterocycles. The Morgan fingerprint density at radius 2 is 1.55 bits per heavy atom. The fraction of sp³-hybridized carbons (Fsp3) is 0.611. The van der Waals surface area contributed by atoms with E-state index in [0.717, 1.165) is 12.8 Å². The van der Waals surface area contributed by atoms with Gasteiger partial charge in [-0.25, -0.2) is 0 Å². The van der Waals surface area contributed by atoms with Crippen LogP contribution in [0.15, 0.2) is 18.2 Å². The molecule has 4 heteroatoms. The number of nitrogens with two attached hydrogens (primary N) is 2. The molecule has 22 heavy (non-hydrogen) atoms. The zero-order chi connectivity index (χ0) is 16.2. The molecule has 0 atom stereocenters. The van der Waals surface area contributed by atoms with Crippen LogP contribution >= 0.6 is 0 Å². The van der Waals surface area contributed by atoms with Crippen LogP contribution in [0, 0.1) is 0 Å². The third-order valence-electron chi connectivity index (χ3n) is 3.75. The smallest absolute Gasteiger partial charge is 0.311 e. The van der Waals surface area contributed by atoms with E-state index in [1.165, 1.54) is 44.9 Å². The molecule has 4 nitrogen and oxygen atoms in total. The zero-order valence-corrected chi connectivity index (χ0v) is 13.8. The lowest BCUT2D eigenvalue weighted by Gasteiger charge is -2.08. The lowest BCUT2D eigenvalue weighted by molar-refractivity contribution is -0.134. The first kappa shape index (κ1) is 18.3. The number of unbranched alkanes of at least 4 members (excludes halogenated alkanes) is 8. The maximum atomic E-state index is 11.8. The fourth-order valence-electron chi connectivity index (χ4n) is 2.39. The topological polar surface area (TPSA) is 78.3 Å². The molecule has 0 aliphatic heterocycles. The predicted octanol–water partition coefficient (Wildman–Crippen LogP) is 4.68. The summed E-state index contributed by atoms with van der Waals surface area (Å²) in [5.41, 5.74) is 12.4. The summed E-state index contributed by atoms with van der Waals surface area (Å²) in [4.78, 5) is 11.8. The quantitative estimate of drug-likeness (QED) is 0.269. The van der Waals surface area contributed by atoms with E-state index in [9.17, 15) is 4.79 Å². The van der Waals surface area contributed by atoms with Crippen LogP contribution in [0.3, 0.4) is 0 Å². The first-order valence-corrected chi connectivity index (χ1v) is 8.49. The number of hydrogen-bond acceptors (Lipinski definition) is 4. The van der Waals surface area contributed by atoms with Crippen molar-refractivity contribution in [3.63, 3.8) is 0 Å². The molecule has 0 aliphatic rings. The highest BCUT2D eigenvalue weighted by molar-refractivity contribution is 5.75. The Labute approximate surface area is 134 Å². The van der Waals surface area contributed by atoms with E-state index in [-0.39, 0.29) is 5.97 Å². The maximum absolute atomic E-state index is 11.8. The minimum atomic E-state index is -0.236. The molecule has 0 aliphatic carbocycles. The van der Waals surface area contributed by atoms with Gasteiger partial charge in [-0.1, -0.05) is 58.3 Å². The number of hydrogen-bond donors (Lipinski definition) is 2. The Balaban J connectivity index is 2.07. The van der Waals surface area contributed by atoms with Gasteiger partial charge in [0.1, 0.15) is 0 Å². The molecule has 1 aromatic carbocycles. The molecule has 0 unspecified atom stereocenters. The summed E-state index contributed by atoms with van der Waals surface area (Å²) in [5.74, 6) is 0.126. The van der Waals surface area contributed by atoms with Crippen LogP contribution in [0.4, 0.5) is 11.4 Å². The number of esters is 1. The highest BCUT2D eigenvalue weighted by Gasteiger charge is 2.08. The Bertz CT molecular complexity index is 447. The first-order chi connectivity index (χ1) is 10.6. The van der Waals surface area contributed by atoms with Gasteiger partial charge >= 0.3 is 5.97 Å². The third-order valence-corrected chi connectivity index (χ3v) is 3.75. The maximum Gasteiger partial charge on any atom is 0.311 e. The molecular formula is C18H30N2O2. The summed E-state index contributed by atoms with van der Waals surface area (Å²) >= 11 is 0. The second-order valence-electron chi connectivity index (χ2n) is 5.85. The van der Waals surface area contributed by atoms with Gasteiger partial charge in [0.15, 0.2) is 5.75 Å². The van der Waals surface area contributed by atoms with E-state index in [0.29, 0.717) is 23.5 Å². The molecule has 0 fully saturated rings. The molecule has 0 amide bonds. The number of carbonyl (C=O) groups excluding carboxylic acids is 1. The van der Waals surface area contributed by atoms with Gasteiger partial charge < -0.3 is 16.2 Å². The Hall–Kier alpha value is -1.71. The monoisotopic (exact) mass is 306 g/mol. The summed E-state index contributed by atoms with van der Waals surface area (Å²) in [6.45, 7) is 2.23. The molecule has 1 aromatic rings. The summed E-state index contributed by atoms with van der Waals surface area (Å²) < 4.78 is 5.25. The number of benzene rings is 1. The van der Waals surface area contributed by atoms with E-state index in [1.807, 2.05) is 0 Å². The third kappa shape index (κ3) is 7.91. The van der Waals surface area contributed by atoms with Gasteiger partial charge in [0.05, 0.1) is 5.69 Å². The predicted molar refractivity (Wildman–Crippen MR) is 92.7 cm³/mol. The lowest BCUT2D eigenvalue weighted by atomic mass is 10.1. The van der Waals surface area contributed by atoms with Gasteiger partial charge in [-0.05, 0) is 18.6 Å². The Kier molecular flexibility index (Phi) is 9.12. The molecule has 124 valence electrons. The van der Waals surface area contributed by atoms with Crippen molar-refractivity contribution in [1.29, 1.82) is 0 Å². The zero-order valence-electron chi connectivity index (χ0n) is 13.8. The van der Waals surface area contributed by atoms with Crippen molar-refractivity contribution in [2.75, 3.05) is 11.5 Å². The average Bonchev–Trinajstić information content (AvgIpc) is 2.49. The van der Waals surface area contributed by atoms with E-state index >= 15 is 0 Å². The normalized spacial score (nSPS) is 10.6. The standard InChI is InChI=1S/C18H30N2O2/c1-2-3-4-5-6-7-8-9-10-11-18(21)22-17-14-15(19)12-13-16(17)20/h12-14H,2-11,19-20H2,1H3. The number of nitrogen functional groups attached to an aromatic ring is 2. The van der Waals surface area contributed by atoms with Gasteiger partial charge in [-0.3, -0.25) is 4.79 Å². The van der Waals surface area contributed by atoms with Crippen LogP contribution in [0.5, 0.6) is 5.75 Å². The van der Waals surface area contributed by atoms with Crippen molar-refractivity contribution in [3.05, 3.63) is 18.2 Å². The van der Waals surface area contributed by atoms with Crippen molar-refractivity contribution in [2.45, 2.75) is 71.1 Å². The minimum Gasteiger partial charge on any atom is -0.424 e. The summed E-state index contributed by atoms with van der Waals surface area (Å²) in [5, 5.41) is 0. The Morgan fingerprint density at radius 3 is 2.18 bits per heavy atom. The lowest BCUT2D eigenvalue weighted by Crippen LogP contribution is -2.09. The van der Waals surface area contributed by atoms with Crippen LogP contribution < -0.4 is 16.2 Å². The number of anilines is 2. The fourth-order valence-corrected chi connectivity index (χ4v) is 2.39. The summed E-state index contributed by atoms with van der Waals surface area (Å²) in [7, 11) is 0. The molecule has 0 spiro atoms. The van der Waals surface area contributed by atoms with Crippen LogP contribution in [0.25, 0.3) is 0 Å². The summed E-state index contributed by atoms with van der Waals surface area (Å²) in [6.07, 6.45) is 11.5. The highest BCUT2D eigenvalue weighted by atomic mass is 16.5. The first-order valence-electron chi connectivity index (χ1n) is 8.49. The molecule has 0 bridgehead atoms. The molecule has 1 rings (SSSR count). The van der Waals surface area contributed by atoms with Crippen LogP contribution in [0.1, 0.15) is 71.1 Å². The highest BCUT2D eigenvalue weighted by Crippen LogP contribution is 2.24. The summed E-state index contributed by atoms with van der Waals surface area (Å²) in [6, 6.07) is 4.92. The molecule has 0 saturated carbocycles. The number of carbonyl (C=O) groups is 1. The molecule has 0 saturated heterocycles. The van der Waals surface area contributed by atoms with Gasteiger partial charge in [-0.15, -0.1) is 0 Å². The van der Waals surface area contributed by atoms with Crippen LogP contribution in [0.2, 0.25) is 0 Å². The number of ether oxygens (including phenoxy) is 1. The van der Waals surface area contributed by atoms with Crippen molar-refractivity contribution in [1.82, 2.24) is 0 Å². The van der Waals surface area contributed by atoms with Gasteiger partial charge in [-0.2, -0.15) is 0 Å². The second-order valence-corrected chi connectivity index (χ2v) is 5.85. The molecule has 0 radical (unpaired) electrons. The Morgan fingerprint density at radius 1 is 0.955 bits per heavy atom. The second kappa shape index (κ2) is 10.9. The van der Waals surface area contributed by atoms with Gasteiger partial charge in [0.2, 0.25) is 0 Å². The molecule has 4 N–H and O–H groups in total. The van der Waals surface area contributed by atoms with Crippen molar-refractivity contribution in [3.8, 4) is 5.75 Å². The van der Waals surface area contributed by atoms with Crippen LogP contribution in [-0.2, 0) is 4.79 Å². The molecular weight excluding hydrogens is 276 g/mol. The average molecular weight is 306 g/mol. The van der Waals surface area contributed by atoms with E-state index in [4.69, 9.17) is 16.2 Å². The van der Waals surface area contributed by atoms with Crippen molar-refractivity contribution in [2.24, 2.45) is 0 Å².